The van der Waals surface area contributed by atoms with Crippen LogP contribution in [-0.4, -0.2) is 22.1 Å². The summed E-state index contributed by atoms with van der Waals surface area (Å²) in [5.41, 5.74) is 1.43. The summed E-state index contributed by atoms with van der Waals surface area (Å²) in [7, 11) is 1.79. The smallest absolute Gasteiger partial charge is 0.202 e. The van der Waals surface area contributed by atoms with Crippen molar-refractivity contribution >= 4 is 11.5 Å². The number of carbonyl (C=O) groups excluding carboxylic acids is 1. The first kappa shape index (κ1) is 10.4. The minimum atomic E-state index is -0.00977. The van der Waals surface area contributed by atoms with Gasteiger partial charge in [0.1, 0.15) is 5.69 Å². The van der Waals surface area contributed by atoms with Crippen molar-refractivity contribution in [2.75, 3.05) is 11.9 Å². The number of para-hydroxylation sites is 1. The first-order valence-corrected chi connectivity index (χ1v) is 5.07. The Hall–Kier alpha value is -2.10. The molecule has 1 aromatic carbocycles. The molecule has 4 nitrogen and oxygen atoms in total. The molecule has 1 N–H and O–H groups in total. The molecular weight excluding hydrogens is 202 g/mol. The molecular formula is C12H13N3O. The zero-order valence-electron chi connectivity index (χ0n) is 9.05. The Morgan fingerprint density at radius 2 is 2.06 bits per heavy atom. The van der Waals surface area contributed by atoms with Gasteiger partial charge in [-0.3, -0.25) is 9.48 Å². The van der Waals surface area contributed by atoms with E-state index in [1.54, 1.807) is 24.0 Å². The molecule has 2 rings (SSSR count). The van der Waals surface area contributed by atoms with Gasteiger partial charge < -0.3 is 5.32 Å². The summed E-state index contributed by atoms with van der Waals surface area (Å²) in [6.07, 6.45) is 1.76. The van der Waals surface area contributed by atoms with E-state index in [2.05, 4.69) is 10.4 Å². The second kappa shape index (κ2) is 4.61. The first-order valence-electron chi connectivity index (χ1n) is 5.07. The Kier molecular flexibility index (Phi) is 3.00. The van der Waals surface area contributed by atoms with E-state index >= 15 is 0 Å². The molecule has 0 aliphatic heterocycles. The number of nitrogens with zero attached hydrogens (tertiary/aromatic N) is 2. The lowest BCUT2D eigenvalue weighted by Crippen LogP contribution is -2.14. The van der Waals surface area contributed by atoms with Crippen molar-refractivity contribution in [3.8, 4) is 0 Å². The first-order chi connectivity index (χ1) is 7.75. The van der Waals surface area contributed by atoms with Crippen LogP contribution in [0.4, 0.5) is 5.69 Å². The lowest BCUT2D eigenvalue weighted by atomic mass is 10.2. The lowest BCUT2D eigenvalue weighted by Gasteiger charge is -2.03. The fourth-order valence-electron chi connectivity index (χ4n) is 1.39. The normalized spacial score (nSPS) is 10.1. The summed E-state index contributed by atoms with van der Waals surface area (Å²) in [4.78, 5) is 11.7. The monoisotopic (exact) mass is 215 g/mol. The highest BCUT2D eigenvalue weighted by Gasteiger charge is 2.07. The molecule has 0 aliphatic carbocycles. The van der Waals surface area contributed by atoms with Crippen molar-refractivity contribution in [1.82, 2.24) is 9.78 Å². The van der Waals surface area contributed by atoms with Gasteiger partial charge in [0.25, 0.3) is 0 Å². The Morgan fingerprint density at radius 1 is 1.31 bits per heavy atom. The van der Waals surface area contributed by atoms with Crippen LogP contribution < -0.4 is 5.32 Å². The van der Waals surface area contributed by atoms with Crippen LogP contribution in [0.2, 0.25) is 0 Å². The molecule has 0 spiro atoms. The third kappa shape index (κ3) is 2.48. The lowest BCUT2D eigenvalue weighted by molar-refractivity contribution is 0.100. The van der Waals surface area contributed by atoms with E-state index in [0.717, 1.165) is 5.69 Å². The second-order valence-electron chi connectivity index (χ2n) is 3.52. The van der Waals surface area contributed by atoms with E-state index in [4.69, 9.17) is 0 Å². The molecule has 0 bridgehead atoms. The number of ketones is 1. The number of hydrogen-bond acceptors (Lipinski definition) is 3. The number of hydrogen-bond donors (Lipinski definition) is 1. The van der Waals surface area contributed by atoms with E-state index in [1.165, 1.54) is 0 Å². The molecule has 4 heteroatoms. The van der Waals surface area contributed by atoms with Crippen LogP contribution in [0.1, 0.15) is 10.5 Å². The zero-order valence-corrected chi connectivity index (χ0v) is 9.05. The number of anilines is 1. The van der Waals surface area contributed by atoms with E-state index in [-0.39, 0.29) is 12.3 Å². The van der Waals surface area contributed by atoms with Crippen molar-refractivity contribution in [2.45, 2.75) is 0 Å². The SMILES string of the molecule is Cn1ccc(C(=O)CNc2ccccc2)n1. The van der Waals surface area contributed by atoms with Gasteiger partial charge in [-0.15, -0.1) is 0 Å². The van der Waals surface area contributed by atoms with Crippen LogP contribution in [0.25, 0.3) is 0 Å². The van der Waals surface area contributed by atoms with Crippen LogP contribution in [-0.2, 0) is 7.05 Å². The molecule has 0 saturated carbocycles. The molecule has 1 aromatic heterocycles. The van der Waals surface area contributed by atoms with Crippen LogP contribution in [0.5, 0.6) is 0 Å². The molecule has 1 heterocycles. The van der Waals surface area contributed by atoms with Gasteiger partial charge in [-0.1, -0.05) is 18.2 Å². The summed E-state index contributed by atoms with van der Waals surface area (Å²) in [5.74, 6) is -0.00977. The predicted octanol–water partition coefficient (Wildman–Crippen LogP) is 1.71. The standard InChI is InChI=1S/C12H13N3O/c1-15-8-7-11(14-15)12(16)9-13-10-5-3-2-4-6-10/h2-8,13H,9H2,1H3. The maximum absolute atomic E-state index is 11.7. The number of aryl methyl sites for hydroxylation is 1. The quantitative estimate of drug-likeness (QED) is 0.790. The average Bonchev–Trinajstić information content (AvgIpc) is 2.74. The van der Waals surface area contributed by atoms with E-state index in [9.17, 15) is 4.79 Å². The number of Topliss-reactive ketones (excluding diaryl/α,β-unsaturated/α-hetero) is 1. The maximum atomic E-state index is 11.7. The largest absolute Gasteiger partial charge is 0.378 e. The highest BCUT2D eigenvalue weighted by molar-refractivity contribution is 5.97. The molecule has 2 aromatic rings. The fourth-order valence-corrected chi connectivity index (χ4v) is 1.39. The van der Waals surface area contributed by atoms with Gasteiger partial charge in [0, 0.05) is 18.9 Å². The van der Waals surface area contributed by atoms with Crippen molar-refractivity contribution in [3.63, 3.8) is 0 Å². The molecule has 0 saturated heterocycles. The van der Waals surface area contributed by atoms with E-state index in [1.807, 2.05) is 30.3 Å². The summed E-state index contributed by atoms with van der Waals surface area (Å²) >= 11 is 0. The van der Waals surface area contributed by atoms with Gasteiger partial charge >= 0.3 is 0 Å². The van der Waals surface area contributed by atoms with Crippen LogP contribution in [0.3, 0.4) is 0 Å². The van der Waals surface area contributed by atoms with Crippen molar-refractivity contribution in [2.24, 2.45) is 7.05 Å². The Labute approximate surface area is 93.9 Å². The number of aromatic nitrogens is 2. The van der Waals surface area contributed by atoms with Gasteiger partial charge in [0.05, 0.1) is 6.54 Å². The third-order valence-corrected chi connectivity index (χ3v) is 2.23. The van der Waals surface area contributed by atoms with Gasteiger partial charge in [0.15, 0.2) is 0 Å². The van der Waals surface area contributed by atoms with Crippen LogP contribution in [0, 0.1) is 0 Å². The number of benzene rings is 1. The molecule has 0 atom stereocenters. The third-order valence-electron chi connectivity index (χ3n) is 2.23. The zero-order chi connectivity index (χ0) is 11.4. The minimum absolute atomic E-state index is 0.00977. The van der Waals surface area contributed by atoms with Crippen molar-refractivity contribution in [3.05, 3.63) is 48.3 Å². The van der Waals surface area contributed by atoms with Crippen molar-refractivity contribution in [1.29, 1.82) is 0 Å². The van der Waals surface area contributed by atoms with Crippen LogP contribution in [0.15, 0.2) is 42.6 Å². The Morgan fingerprint density at radius 3 is 2.69 bits per heavy atom. The molecule has 0 amide bonds. The maximum Gasteiger partial charge on any atom is 0.202 e. The summed E-state index contributed by atoms with van der Waals surface area (Å²) in [6.45, 7) is 0.265. The van der Waals surface area contributed by atoms with Gasteiger partial charge in [-0.2, -0.15) is 5.10 Å². The second-order valence-corrected chi connectivity index (χ2v) is 3.52. The van der Waals surface area contributed by atoms with Gasteiger partial charge in [-0.05, 0) is 18.2 Å². The molecule has 0 radical (unpaired) electrons. The van der Waals surface area contributed by atoms with Crippen molar-refractivity contribution < 1.29 is 4.79 Å². The number of carbonyl (C=O) groups is 1. The average molecular weight is 215 g/mol. The molecule has 82 valence electrons. The van der Waals surface area contributed by atoms with Gasteiger partial charge in [-0.25, -0.2) is 0 Å². The van der Waals surface area contributed by atoms with Gasteiger partial charge in [0.2, 0.25) is 5.78 Å². The summed E-state index contributed by atoms with van der Waals surface area (Å²) < 4.78 is 1.62. The Balaban J connectivity index is 1.94. The molecule has 0 unspecified atom stereocenters. The number of nitrogens with one attached hydrogen (secondary N) is 1. The van der Waals surface area contributed by atoms with E-state index < -0.39 is 0 Å². The highest BCUT2D eigenvalue weighted by Crippen LogP contribution is 2.05. The topological polar surface area (TPSA) is 46.9 Å². The molecule has 16 heavy (non-hydrogen) atoms. The van der Waals surface area contributed by atoms with Crippen LogP contribution >= 0.6 is 0 Å². The highest BCUT2D eigenvalue weighted by atomic mass is 16.1. The molecule has 0 fully saturated rings. The minimum Gasteiger partial charge on any atom is -0.378 e. The summed E-state index contributed by atoms with van der Waals surface area (Å²) in [5, 5.41) is 7.10. The molecule has 0 aliphatic rings. The fraction of sp³-hybridized carbons (Fsp3) is 0.167. The predicted molar refractivity (Wildman–Crippen MR) is 62.5 cm³/mol. The summed E-state index contributed by atoms with van der Waals surface area (Å²) in [6, 6.07) is 11.3. The van der Waals surface area contributed by atoms with E-state index in [0.29, 0.717) is 5.69 Å². The number of rotatable bonds is 4. The Bertz CT molecular complexity index is 476.